The Labute approximate surface area is 190 Å². The number of ether oxygens (including phenoxy) is 2. The molecule has 32 heavy (non-hydrogen) atoms. The molecule has 3 rings (SSSR count). The molecule has 6 nitrogen and oxygen atoms in total. The molecule has 1 aromatic heterocycles. The summed E-state index contributed by atoms with van der Waals surface area (Å²) in [5.74, 6) is 0.708. The summed E-state index contributed by atoms with van der Waals surface area (Å²) in [7, 11) is 3.02. The zero-order valence-electron chi connectivity index (χ0n) is 19.2. The Morgan fingerprint density at radius 1 is 1.00 bits per heavy atom. The number of unbranched alkanes of at least 4 members (excludes halogenated alkanes) is 2. The number of benzene rings is 1. The van der Waals surface area contributed by atoms with Crippen LogP contribution in [0.5, 0.6) is 5.88 Å². The number of carbonyl (C=O) groups is 2. The molecule has 0 saturated heterocycles. The van der Waals surface area contributed by atoms with Gasteiger partial charge in [0.2, 0.25) is 11.8 Å². The number of hydrogen-bond donors (Lipinski definition) is 0. The van der Waals surface area contributed by atoms with Gasteiger partial charge < -0.3 is 14.4 Å². The van der Waals surface area contributed by atoms with E-state index in [1.54, 1.807) is 13.3 Å². The van der Waals surface area contributed by atoms with Crippen molar-refractivity contribution >= 4 is 17.6 Å². The van der Waals surface area contributed by atoms with Crippen molar-refractivity contribution in [1.82, 2.24) is 4.98 Å². The first-order valence-electron chi connectivity index (χ1n) is 11.6. The maximum absolute atomic E-state index is 13.5. The number of esters is 1. The lowest BCUT2D eigenvalue weighted by molar-refractivity contribution is -0.140. The van der Waals surface area contributed by atoms with Gasteiger partial charge >= 0.3 is 5.97 Å². The van der Waals surface area contributed by atoms with Crippen LogP contribution in [-0.2, 0) is 14.3 Å². The highest BCUT2D eigenvalue weighted by Gasteiger charge is 2.27. The molecular weight excluding hydrogens is 404 g/mol. The molecule has 0 aliphatic heterocycles. The number of amides is 1. The van der Waals surface area contributed by atoms with Crippen molar-refractivity contribution in [2.45, 2.75) is 57.8 Å². The summed E-state index contributed by atoms with van der Waals surface area (Å²) < 4.78 is 9.98. The Morgan fingerprint density at radius 3 is 2.53 bits per heavy atom. The predicted octanol–water partition coefficient (Wildman–Crippen LogP) is 5.40. The Bertz CT molecular complexity index is 893. The predicted molar refractivity (Wildman–Crippen MR) is 126 cm³/mol. The third-order valence-corrected chi connectivity index (χ3v) is 6.15. The summed E-state index contributed by atoms with van der Waals surface area (Å²) in [6, 6.07) is 12.0. The monoisotopic (exact) mass is 438 g/mol. The van der Waals surface area contributed by atoms with Crippen molar-refractivity contribution in [2.75, 3.05) is 25.7 Å². The van der Waals surface area contributed by atoms with E-state index in [0.29, 0.717) is 18.8 Å². The number of methoxy groups -OCH3 is 2. The Hall–Kier alpha value is -2.89. The molecule has 1 saturated carbocycles. The number of carbonyl (C=O) groups excluding carboxylic acids is 2. The van der Waals surface area contributed by atoms with E-state index in [-0.39, 0.29) is 17.8 Å². The smallest absolute Gasteiger partial charge is 0.305 e. The van der Waals surface area contributed by atoms with Crippen molar-refractivity contribution in [1.29, 1.82) is 0 Å². The van der Waals surface area contributed by atoms with Gasteiger partial charge in [0.1, 0.15) is 0 Å². The van der Waals surface area contributed by atoms with Crippen LogP contribution in [0.4, 0.5) is 5.69 Å². The Kier molecular flexibility index (Phi) is 9.08. The first-order chi connectivity index (χ1) is 15.6. The van der Waals surface area contributed by atoms with Crippen molar-refractivity contribution in [2.24, 2.45) is 5.92 Å². The molecule has 6 heteroatoms. The van der Waals surface area contributed by atoms with Crippen LogP contribution in [0.2, 0.25) is 0 Å². The van der Waals surface area contributed by atoms with Gasteiger partial charge in [-0.3, -0.25) is 9.59 Å². The van der Waals surface area contributed by atoms with E-state index in [9.17, 15) is 9.59 Å². The number of anilines is 1. The van der Waals surface area contributed by atoms with E-state index in [1.165, 1.54) is 13.5 Å². The largest absolute Gasteiger partial charge is 0.481 e. The van der Waals surface area contributed by atoms with E-state index >= 15 is 0 Å². The van der Waals surface area contributed by atoms with Gasteiger partial charge in [-0.15, -0.1) is 0 Å². The highest BCUT2D eigenvalue weighted by molar-refractivity contribution is 5.95. The first-order valence-corrected chi connectivity index (χ1v) is 11.6. The fourth-order valence-corrected chi connectivity index (χ4v) is 4.31. The molecule has 0 radical (unpaired) electrons. The average molecular weight is 439 g/mol. The third kappa shape index (κ3) is 6.55. The second-order valence-corrected chi connectivity index (χ2v) is 8.35. The minimum Gasteiger partial charge on any atom is -0.481 e. The van der Waals surface area contributed by atoms with Crippen LogP contribution in [0.15, 0.2) is 42.6 Å². The second kappa shape index (κ2) is 12.2. The first kappa shape index (κ1) is 23.8. The van der Waals surface area contributed by atoms with Crippen LogP contribution in [-0.4, -0.2) is 37.6 Å². The zero-order chi connectivity index (χ0) is 22.8. The molecule has 2 aromatic rings. The van der Waals surface area contributed by atoms with E-state index in [0.717, 1.165) is 61.8 Å². The van der Waals surface area contributed by atoms with Gasteiger partial charge in [0.15, 0.2) is 0 Å². The van der Waals surface area contributed by atoms with Crippen LogP contribution in [0.25, 0.3) is 11.1 Å². The normalized spacial score (nSPS) is 14.1. The van der Waals surface area contributed by atoms with Crippen LogP contribution in [0.1, 0.15) is 57.8 Å². The molecule has 1 heterocycles. The molecule has 1 aliphatic rings. The molecule has 0 bridgehead atoms. The minimum atomic E-state index is -0.180. The minimum absolute atomic E-state index is 0.100. The molecular formula is C26H34N2O4. The highest BCUT2D eigenvalue weighted by atomic mass is 16.5. The van der Waals surface area contributed by atoms with Gasteiger partial charge in [-0.25, -0.2) is 4.98 Å². The fourth-order valence-electron chi connectivity index (χ4n) is 4.31. The number of hydrogen-bond acceptors (Lipinski definition) is 5. The summed E-state index contributed by atoms with van der Waals surface area (Å²) in [5, 5.41) is 0. The lowest BCUT2D eigenvalue weighted by Crippen LogP contribution is -2.38. The maximum Gasteiger partial charge on any atom is 0.305 e. The second-order valence-electron chi connectivity index (χ2n) is 8.35. The summed E-state index contributed by atoms with van der Waals surface area (Å²) in [5.41, 5.74) is 2.94. The number of rotatable bonds is 10. The molecule has 1 aliphatic carbocycles. The topological polar surface area (TPSA) is 68.7 Å². The van der Waals surface area contributed by atoms with E-state index in [2.05, 4.69) is 11.1 Å². The third-order valence-electron chi connectivity index (χ3n) is 6.15. The van der Waals surface area contributed by atoms with Crippen molar-refractivity contribution in [3.05, 3.63) is 42.6 Å². The van der Waals surface area contributed by atoms with Crippen molar-refractivity contribution < 1.29 is 19.1 Å². The molecule has 0 spiro atoms. The lowest BCUT2D eigenvalue weighted by Gasteiger charge is -2.30. The van der Waals surface area contributed by atoms with Crippen LogP contribution < -0.4 is 9.64 Å². The number of nitrogens with zero attached hydrogens (tertiary/aromatic N) is 2. The quantitative estimate of drug-likeness (QED) is 0.367. The molecule has 172 valence electrons. The molecule has 1 fully saturated rings. The van der Waals surface area contributed by atoms with Crippen LogP contribution >= 0.6 is 0 Å². The summed E-state index contributed by atoms with van der Waals surface area (Å²) in [6.45, 7) is 0.652. The fraction of sp³-hybridized carbons (Fsp3) is 0.500. The SMILES string of the molecule is COC(=O)CCCCCN(C(=O)C1CCCCC1)c1cccc(-c2ccnc(OC)c2)c1. The molecule has 1 amide bonds. The highest BCUT2D eigenvalue weighted by Crippen LogP contribution is 2.31. The van der Waals surface area contributed by atoms with E-state index in [4.69, 9.17) is 9.47 Å². The lowest BCUT2D eigenvalue weighted by atomic mass is 9.88. The Morgan fingerprint density at radius 2 is 1.78 bits per heavy atom. The van der Waals surface area contributed by atoms with Gasteiger partial charge in [-0.05, 0) is 55.0 Å². The van der Waals surface area contributed by atoms with Gasteiger partial charge in [0, 0.05) is 36.8 Å². The number of pyridine rings is 1. The van der Waals surface area contributed by atoms with Crippen molar-refractivity contribution in [3.63, 3.8) is 0 Å². The zero-order valence-corrected chi connectivity index (χ0v) is 19.2. The van der Waals surface area contributed by atoms with Gasteiger partial charge in [-0.2, -0.15) is 0 Å². The van der Waals surface area contributed by atoms with Gasteiger partial charge in [-0.1, -0.05) is 37.8 Å². The average Bonchev–Trinajstić information content (AvgIpc) is 2.86. The van der Waals surface area contributed by atoms with Crippen LogP contribution in [0.3, 0.4) is 0 Å². The standard InChI is InChI=1S/C26H34N2O4/c1-31-24-19-22(15-16-27-24)21-12-9-13-23(18-21)28(17-8-4-7-14-25(29)32-2)26(30)20-10-5-3-6-11-20/h9,12-13,15-16,18-20H,3-8,10-11,14,17H2,1-2H3. The molecule has 0 N–H and O–H groups in total. The van der Waals surface area contributed by atoms with Gasteiger partial charge in [0.05, 0.1) is 14.2 Å². The maximum atomic E-state index is 13.5. The molecule has 1 aromatic carbocycles. The molecule has 0 atom stereocenters. The molecule has 0 unspecified atom stereocenters. The van der Waals surface area contributed by atoms with Crippen LogP contribution in [0, 0.1) is 5.92 Å². The Balaban J connectivity index is 1.77. The summed E-state index contributed by atoms with van der Waals surface area (Å²) in [4.78, 5) is 31.0. The summed E-state index contributed by atoms with van der Waals surface area (Å²) in [6.07, 6.45) is 10.1. The number of aromatic nitrogens is 1. The van der Waals surface area contributed by atoms with E-state index in [1.807, 2.05) is 35.2 Å². The summed E-state index contributed by atoms with van der Waals surface area (Å²) >= 11 is 0. The van der Waals surface area contributed by atoms with Crippen molar-refractivity contribution in [3.8, 4) is 17.0 Å². The van der Waals surface area contributed by atoms with Gasteiger partial charge in [0.25, 0.3) is 0 Å². The van der Waals surface area contributed by atoms with E-state index < -0.39 is 0 Å².